The first-order valence-electron chi connectivity index (χ1n) is 8.76. The Bertz CT molecular complexity index is 1010. The lowest BCUT2D eigenvalue weighted by Crippen LogP contribution is -2.00. The molecule has 1 aliphatic rings. The zero-order valence-corrected chi connectivity index (χ0v) is 16.1. The monoisotopic (exact) mass is 397 g/mol. The number of carbonyl (C=O) groups is 1. The van der Waals surface area contributed by atoms with Gasteiger partial charge in [-0.25, -0.2) is 4.79 Å². The number of nitro groups is 1. The largest absolute Gasteiger partial charge is 0.494 e. The van der Waals surface area contributed by atoms with Gasteiger partial charge in [0, 0.05) is 5.56 Å². The minimum absolute atomic E-state index is 0.184. The molecular formula is C21H19NO7. The van der Waals surface area contributed by atoms with E-state index in [4.69, 9.17) is 18.9 Å². The summed E-state index contributed by atoms with van der Waals surface area (Å²) in [6.45, 7) is 2.44. The van der Waals surface area contributed by atoms with E-state index in [-0.39, 0.29) is 22.6 Å². The van der Waals surface area contributed by atoms with Crippen molar-refractivity contribution in [3.8, 4) is 17.2 Å². The molecule has 0 atom stereocenters. The third kappa shape index (κ3) is 4.21. The number of ether oxygens (including phenoxy) is 4. The van der Waals surface area contributed by atoms with E-state index in [1.807, 2.05) is 6.92 Å². The van der Waals surface area contributed by atoms with Crippen LogP contribution in [0.25, 0.3) is 11.8 Å². The first-order chi connectivity index (χ1) is 14.0. The first kappa shape index (κ1) is 19.9. The van der Waals surface area contributed by atoms with Crippen molar-refractivity contribution >= 4 is 23.5 Å². The summed E-state index contributed by atoms with van der Waals surface area (Å²) in [6, 6.07) is 9.78. The number of hydrogen-bond donors (Lipinski definition) is 0. The molecule has 0 radical (unpaired) electrons. The predicted molar refractivity (Wildman–Crippen MR) is 106 cm³/mol. The Morgan fingerprint density at radius 2 is 1.76 bits per heavy atom. The van der Waals surface area contributed by atoms with Crippen LogP contribution in [0, 0.1) is 10.1 Å². The van der Waals surface area contributed by atoms with Crippen LogP contribution in [-0.2, 0) is 9.53 Å². The van der Waals surface area contributed by atoms with Crippen molar-refractivity contribution in [3.05, 3.63) is 69.3 Å². The maximum Gasteiger partial charge on any atom is 0.343 e. The number of hydrogen-bond acceptors (Lipinski definition) is 7. The number of cyclic esters (lactones) is 1. The lowest BCUT2D eigenvalue weighted by molar-refractivity contribution is -0.385. The molecule has 1 aliphatic heterocycles. The summed E-state index contributed by atoms with van der Waals surface area (Å²) >= 11 is 0. The third-order valence-electron chi connectivity index (χ3n) is 4.22. The molecular weight excluding hydrogens is 378 g/mol. The quantitative estimate of drug-likeness (QED) is 0.301. The summed E-state index contributed by atoms with van der Waals surface area (Å²) in [7, 11) is 2.81. The molecule has 8 nitrogen and oxygen atoms in total. The summed E-state index contributed by atoms with van der Waals surface area (Å²) in [4.78, 5) is 23.2. The smallest absolute Gasteiger partial charge is 0.343 e. The van der Waals surface area contributed by atoms with Crippen LogP contribution in [-0.4, -0.2) is 31.7 Å². The zero-order chi connectivity index (χ0) is 21.0. The van der Waals surface area contributed by atoms with Gasteiger partial charge in [-0.1, -0.05) is 0 Å². The van der Waals surface area contributed by atoms with Gasteiger partial charge in [-0.3, -0.25) is 10.1 Å². The number of methoxy groups -OCH3 is 2. The van der Waals surface area contributed by atoms with E-state index >= 15 is 0 Å². The third-order valence-corrected chi connectivity index (χ3v) is 4.22. The molecule has 8 heteroatoms. The van der Waals surface area contributed by atoms with Gasteiger partial charge in [0.25, 0.3) is 5.69 Å². The highest BCUT2D eigenvalue weighted by molar-refractivity contribution is 6.05. The molecule has 0 saturated carbocycles. The summed E-state index contributed by atoms with van der Waals surface area (Å²) in [5.74, 6) is 0.997. The van der Waals surface area contributed by atoms with Crippen molar-refractivity contribution in [1.82, 2.24) is 0 Å². The topological polar surface area (TPSA) is 97.1 Å². The molecule has 0 N–H and O–H groups in total. The second-order valence-electron chi connectivity index (χ2n) is 5.98. The van der Waals surface area contributed by atoms with E-state index in [0.717, 1.165) is 0 Å². The SMILES string of the molecule is CCOc1ccc(C2=CC(=Cc3cc(OC)c(OC)cc3[N+](=O)[O-])C(=O)O2)cc1. The van der Waals surface area contributed by atoms with Gasteiger partial charge in [-0.2, -0.15) is 0 Å². The second kappa shape index (κ2) is 8.47. The number of nitro benzene ring substituents is 1. The van der Waals surface area contributed by atoms with Crippen molar-refractivity contribution in [3.63, 3.8) is 0 Å². The molecule has 0 bridgehead atoms. The van der Waals surface area contributed by atoms with Gasteiger partial charge in [0.2, 0.25) is 0 Å². The minimum atomic E-state index is -0.599. The molecule has 0 aliphatic carbocycles. The average Bonchev–Trinajstić information content (AvgIpc) is 3.08. The Morgan fingerprint density at radius 1 is 1.10 bits per heavy atom. The lowest BCUT2D eigenvalue weighted by atomic mass is 10.1. The molecule has 0 amide bonds. The number of benzene rings is 2. The molecule has 0 fully saturated rings. The van der Waals surface area contributed by atoms with Gasteiger partial charge in [0.1, 0.15) is 11.5 Å². The maximum absolute atomic E-state index is 12.3. The van der Waals surface area contributed by atoms with Crippen LogP contribution in [0.3, 0.4) is 0 Å². The van der Waals surface area contributed by atoms with Gasteiger partial charge < -0.3 is 18.9 Å². The first-order valence-corrected chi connectivity index (χ1v) is 8.76. The fourth-order valence-corrected chi connectivity index (χ4v) is 2.84. The van der Waals surface area contributed by atoms with Crippen LogP contribution < -0.4 is 14.2 Å². The highest BCUT2D eigenvalue weighted by Gasteiger charge is 2.25. The normalized spacial score (nSPS) is 14.4. The second-order valence-corrected chi connectivity index (χ2v) is 5.98. The molecule has 29 heavy (non-hydrogen) atoms. The van der Waals surface area contributed by atoms with Gasteiger partial charge >= 0.3 is 5.97 Å². The van der Waals surface area contributed by atoms with Crippen molar-refractivity contribution < 1.29 is 28.7 Å². The van der Waals surface area contributed by atoms with E-state index in [9.17, 15) is 14.9 Å². The van der Waals surface area contributed by atoms with Crippen LogP contribution in [0.15, 0.2) is 48.0 Å². The highest BCUT2D eigenvalue weighted by atomic mass is 16.6. The average molecular weight is 397 g/mol. The molecule has 3 rings (SSSR count). The summed E-state index contributed by atoms with van der Waals surface area (Å²) in [5, 5.41) is 11.5. The molecule has 2 aromatic rings. The van der Waals surface area contributed by atoms with Gasteiger partial charge in [0.05, 0.1) is 43.0 Å². The maximum atomic E-state index is 12.3. The number of nitrogens with zero attached hydrogens (tertiary/aromatic N) is 1. The molecule has 0 spiro atoms. The Hall–Kier alpha value is -3.81. The van der Waals surface area contributed by atoms with Crippen LogP contribution in [0.5, 0.6) is 17.2 Å². The van der Waals surface area contributed by atoms with E-state index in [0.29, 0.717) is 29.4 Å². The van der Waals surface area contributed by atoms with Crippen molar-refractivity contribution in [2.24, 2.45) is 0 Å². The summed E-state index contributed by atoms with van der Waals surface area (Å²) in [6.07, 6.45) is 2.93. The van der Waals surface area contributed by atoms with E-state index in [1.54, 1.807) is 30.3 Å². The fourth-order valence-electron chi connectivity index (χ4n) is 2.84. The van der Waals surface area contributed by atoms with E-state index < -0.39 is 10.9 Å². The standard InChI is InChI=1S/C21H19NO7/c1-4-28-16-7-5-13(6-8-16)18-11-15(21(23)29-18)9-14-10-19(26-2)20(27-3)12-17(14)22(24)25/h5-12H,4H2,1-3H3. The molecule has 0 saturated heterocycles. The van der Waals surface area contributed by atoms with E-state index in [2.05, 4.69) is 0 Å². The van der Waals surface area contributed by atoms with Crippen molar-refractivity contribution in [1.29, 1.82) is 0 Å². The van der Waals surface area contributed by atoms with Gasteiger partial charge in [0.15, 0.2) is 11.5 Å². The van der Waals surface area contributed by atoms with Gasteiger partial charge in [-0.05, 0) is 49.4 Å². The predicted octanol–water partition coefficient (Wildman–Crippen LogP) is 3.99. The van der Waals surface area contributed by atoms with Crippen molar-refractivity contribution in [2.75, 3.05) is 20.8 Å². The van der Waals surface area contributed by atoms with E-state index in [1.165, 1.54) is 32.4 Å². The van der Waals surface area contributed by atoms with Crippen LogP contribution in [0.4, 0.5) is 5.69 Å². The Morgan fingerprint density at radius 3 is 2.34 bits per heavy atom. The Kier molecular flexibility index (Phi) is 5.82. The van der Waals surface area contributed by atoms with Crippen LogP contribution in [0.1, 0.15) is 18.1 Å². The minimum Gasteiger partial charge on any atom is -0.494 e. The highest BCUT2D eigenvalue weighted by Crippen LogP contribution is 2.37. The number of carbonyl (C=O) groups excluding carboxylic acids is 1. The van der Waals surface area contributed by atoms with Crippen molar-refractivity contribution in [2.45, 2.75) is 6.92 Å². The fraction of sp³-hybridized carbons (Fsp3) is 0.190. The zero-order valence-electron chi connectivity index (χ0n) is 16.1. The van der Waals surface area contributed by atoms with Gasteiger partial charge in [-0.15, -0.1) is 0 Å². The lowest BCUT2D eigenvalue weighted by Gasteiger charge is -2.08. The Labute approximate surface area is 167 Å². The van der Waals surface area contributed by atoms with Crippen LogP contribution in [0.2, 0.25) is 0 Å². The molecule has 150 valence electrons. The number of esters is 1. The Balaban J connectivity index is 1.99. The summed E-state index contributed by atoms with van der Waals surface area (Å²) < 4.78 is 21.0. The number of rotatable bonds is 7. The van der Waals surface area contributed by atoms with Crippen LogP contribution >= 0.6 is 0 Å². The molecule has 1 heterocycles. The molecule has 2 aromatic carbocycles. The molecule has 0 aromatic heterocycles. The molecule has 0 unspecified atom stereocenters. The summed E-state index contributed by atoms with van der Waals surface area (Å²) in [5.41, 5.74) is 0.853.